The topological polar surface area (TPSA) is 331 Å². The summed E-state index contributed by atoms with van der Waals surface area (Å²) in [5.41, 5.74) is -0.379. The summed E-state index contributed by atoms with van der Waals surface area (Å²) in [6.45, 7) is 3.06. The lowest BCUT2D eigenvalue weighted by molar-refractivity contribution is -0.155. The van der Waals surface area contributed by atoms with E-state index in [0.29, 0.717) is 4.90 Å². The van der Waals surface area contributed by atoms with E-state index in [1.807, 2.05) is 0 Å². The van der Waals surface area contributed by atoms with Gasteiger partial charge in [-0.3, -0.25) is 47.9 Å². The zero-order valence-corrected chi connectivity index (χ0v) is 53.9. The summed E-state index contributed by atoms with van der Waals surface area (Å²) in [5.74, 6) is -25.8. The Bertz CT molecular complexity index is 3910. The van der Waals surface area contributed by atoms with Gasteiger partial charge in [0.2, 0.25) is 35.4 Å². The van der Waals surface area contributed by atoms with Crippen LogP contribution in [-0.2, 0) is 66.8 Å². The second-order valence-corrected chi connectivity index (χ2v) is 23.1. The number of hydrogen-bond donors (Lipinski definition) is 4. The minimum atomic E-state index is -2.02. The molecule has 0 spiro atoms. The number of nitrogens with one attached hydrogen (secondary N) is 2. The molecular formula is C72H74N4O20. The molecule has 6 aromatic carbocycles. The standard InChI is InChI=1S/C72H74N4O20/c1-9-53(91-3)58(63(79)74-50-33-21-17-29-43(50)71(89)95-7)47(69(85)86)38-56(94-6)60-46(66(82)76(68(60)84)52-35-23-19-31-45(52)72(90)96-8)36-55(93-5)59(64(80)73-49-32-20-16-28-42(49)61(77)40-24-12-10-13-25-40)48(70(87)88)37-54(92-4)57-39(2)65(81)75(67(57)83)51-34-22-18-30-44(51)62(78)41-26-14-11-15-27-41/h10-35,39,46-48,53-60H,9,36-38H2,1-8H3,(H,73,80)(H,74,79)(H,85,86)(H,87,88). The van der Waals surface area contributed by atoms with Crippen molar-refractivity contribution in [1.29, 1.82) is 0 Å². The number of ketones is 2. The fourth-order valence-corrected chi connectivity index (χ4v) is 13.1. The summed E-state index contributed by atoms with van der Waals surface area (Å²) in [6.07, 6.45) is -8.36. The van der Waals surface area contributed by atoms with Crippen LogP contribution in [0.3, 0.4) is 0 Å². The molecule has 0 aliphatic carbocycles. The lowest BCUT2D eigenvalue weighted by Gasteiger charge is -2.35. The SMILES string of the molecule is CCC(OC)C(C(=O)Nc1ccccc1C(=O)OC)C(CC(OC)C1C(=O)N(c2ccccc2C(=O)OC)C(=O)C1CC(OC)C(C(=O)Nc1ccccc1C(=O)c1ccccc1)C(CC(OC)C1C(=O)N(c2ccccc2C(=O)c2ccccc2)C(=O)C1C)C(=O)O)C(=O)O. The van der Waals surface area contributed by atoms with E-state index in [0.717, 1.165) is 33.3 Å². The predicted molar refractivity (Wildman–Crippen MR) is 347 cm³/mol. The van der Waals surface area contributed by atoms with Gasteiger partial charge in [-0.15, -0.1) is 0 Å². The Kier molecular flexibility index (Phi) is 23.9. The normalized spacial score (nSPS) is 18.7. The van der Waals surface area contributed by atoms with E-state index in [-0.39, 0.29) is 62.6 Å². The van der Waals surface area contributed by atoms with Crippen LogP contribution in [-0.4, -0.2) is 148 Å². The fourth-order valence-electron chi connectivity index (χ4n) is 13.1. The average Bonchev–Trinajstić information content (AvgIpc) is 1.61. The van der Waals surface area contributed by atoms with Crippen LogP contribution < -0.4 is 20.4 Å². The van der Waals surface area contributed by atoms with Crippen LogP contribution in [0.1, 0.15) is 92.1 Å². The third-order valence-corrected chi connectivity index (χ3v) is 17.9. The third-order valence-electron chi connectivity index (χ3n) is 17.9. The van der Waals surface area contributed by atoms with E-state index < -0.39 is 162 Å². The Hall–Kier alpha value is -10.4. The van der Waals surface area contributed by atoms with Gasteiger partial charge in [0.15, 0.2) is 11.6 Å². The molecule has 24 heteroatoms. The minimum absolute atomic E-state index is 0.00480. The number of aliphatic carboxylic acids is 2. The van der Waals surface area contributed by atoms with Crippen molar-refractivity contribution in [2.24, 2.45) is 47.3 Å². The number of esters is 2. The van der Waals surface area contributed by atoms with Gasteiger partial charge in [-0.1, -0.05) is 123 Å². The second-order valence-electron chi connectivity index (χ2n) is 23.1. The van der Waals surface area contributed by atoms with Crippen LogP contribution >= 0.6 is 0 Å². The highest BCUT2D eigenvalue weighted by Crippen LogP contribution is 2.45. The maximum absolute atomic E-state index is 15.8. The van der Waals surface area contributed by atoms with Crippen molar-refractivity contribution in [3.8, 4) is 0 Å². The average molecular weight is 1320 g/mol. The van der Waals surface area contributed by atoms with Crippen molar-refractivity contribution in [2.75, 3.05) is 63.1 Å². The lowest BCUT2D eigenvalue weighted by Crippen LogP contribution is -2.48. The zero-order valence-electron chi connectivity index (χ0n) is 53.9. The van der Waals surface area contributed by atoms with Crippen molar-refractivity contribution in [1.82, 2.24) is 0 Å². The van der Waals surface area contributed by atoms with Gasteiger partial charge in [0.1, 0.15) is 0 Å². The number of carbonyl (C=O) groups excluding carboxylic acids is 10. The maximum Gasteiger partial charge on any atom is 0.339 e. The molecule has 4 N–H and O–H groups in total. The van der Waals surface area contributed by atoms with E-state index in [2.05, 4.69) is 10.6 Å². The molecule has 12 atom stereocenters. The summed E-state index contributed by atoms with van der Waals surface area (Å²) in [5, 5.41) is 28.3. The number of ether oxygens (including phenoxy) is 6. The van der Waals surface area contributed by atoms with Gasteiger partial charge in [-0.05, 0) is 74.2 Å². The molecule has 96 heavy (non-hydrogen) atoms. The van der Waals surface area contributed by atoms with Crippen molar-refractivity contribution in [2.45, 2.75) is 63.9 Å². The highest BCUT2D eigenvalue weighted by molar-refractivity contribution is 6.26. The van der Waals surface area contributed by atoms with Crippen molar-refractivity contribution in [3.05, 3.63) is 191 Å². The van der Waals surface area contributed by atoms with Crippen molar-refractivity contribution < 1.29 is 96.2 Å². The largest absolute Gasteiger partial charge is 0.481 e. The number of amides is 6. The first-order valence-corrected chi connectivity index (χ1v) is 30.8. The monoisotopic (exact) mass is 1310 g/mol. The van der Waals surface area contributed by atoms with E-state index in [1.165, 1.54) is 112 Å². The van der Waals surface area contributed by atoms with Gasteiger partial charge in [0, 0.05) is 50.7 Å². The summed E-state index contributed by atoms with van der Waals surface area (Å²) in [6, 6.07) is 39.2. The second kappa shape index (κ2) is 32.2. The fraction of sp³-hybridized carbons (Fsp3) is 0.333. The highest BCUT2D eigenvalue weighted by Gasteiger charge is 2.57. The number of imide groups is 2. The number of methoxy groups -OCH3 is 6. The van der Waals surface area contributed by atoms with Gasteiger partial charge in [0.05, 0.1) is 120 Å². The molecule has 2 heterocycles. The molecular weight excluding hydrogens is 1240 g/mol. The molecule has 2 saturated heterocycles. The smallest absolute Gasteiger partial charge is 0.339 e. The first kappa shape index (κ1) is 71.4. The molecule has 0 aromatic heterocycles. The number of benzene rings is 6. The number of nitrogens with zero attached hydrogens (tertiary/aromatic N) is 2. The Balaban J connectivity index is 1.25. The number of carboxylic acid groups (broad SMARTS) is 2. The molecule has 0 radical (unpaired) electrons. The summed E-state index contributed by atoms with van der Waals surface area (Å²) in [7, 11) is 6.85. The molecule has 502 valence electrons. The summed E-state index contributed by atoms with van der Waals surface area (Å²) in [4.78, 5) is 176. The van der Waals surface area contributed by atoms with E-state index in [9.17, 15) is 48.6 Å². The number of carbonyl (C=O) groups is 12. The van der Waals surface area contributed by atoms with E-state index in [1.54, 1.807) is 73.7 Å². The van der Waals surface area contributed by atoms with Crippen LogP contribution in [0, 0.1) is 47.3 Å². The first-order chi connectivity index (χ1) is 46.1. The zero-order chi connectivity index (χ0) is 69.7. The minimum Gasteiger partial charge on any atom is -0.481 e. The molecule has 2 aliphatic rings. The molecule has 12 unspecified atom stereocenters. The molecule has 0 saturated carbocycles. The van der Waals surface area contributed by atoms with Crippen LogP contribution in [0.25, 0.3) is 0 Å². The Morgan fingerprint density at radius 2 is 0.833 bits per heavy atom. The van der Waals surface area contributed by atoms with Gasteiger partial charge in [0.25, 0.3) is 0 Å². The maximum atomic E-state index is 15.8. The molecule has 2 aliphatic heterocycles. The van der Waals surface area contributed by atoms with Crippen LogP contribution in [0.4, 0.5) is 22.7 Å². The molecule has 24 nitrogen and oxygen atoms in total. The van der Waals surface area contributed by atoms with Crippen LogP contribution in [0.2, 0.25) is 0 Å². The predicted octanol–water partition coefficient (Wildman–Crippen LogP) is 8.20. The molecule has 0 bridgehead atoms. The van der Waals surface area contributed by atoms with Gasteiger partial charge >= 0.3 is 23.9 Å². The highest BCUT2D eigenvalue weighted by atomic mass is 16.5. The quantitative estimate of drug-likeness (QED) is 0.0181. The number of rotatable bonds is 31. The molecule has 6 aromatic rings. The Morgan fingerprint density at radius 1 is 0.448 bits per heavy atom. The van der Waals surface area contributed by atoms with Crippen LogP contribution in [0.5, 0.6) is 0 Å². The van der Waals surface area contributed by atoms with Gasteiger partial charge < -0.3 is 49.3 Å². The van der Waals surface area contributed by atoms with Crippen molar-refractivity contribution in [3.63, 3.8) is 0 Å². The van der Waals surface area contributed by atoms with E-state index in [4.69, 9.17) is 28.4 Å². The number of anilines is 4. The summed E-state index contributed by atoms with van der Waals surface area (Å²) < 4.78 is 34.0. The molecule has 6 amide bonds. The molecule has 8 rings (SSSR count). The number of para-hydroxylation sites is 4. The lowest BCUT2D eigenvalue weighted by atomic mass is 9.73. The van der Waals surface area contributed by atoms with Gasteiger partial charge in [-0.2, -0.15) is 0 Å². The first-order valence-electron chi connectivity index (χ1n) is 30.8. The Labute approximate surface area is 553 Å². The third kappa shape index (κ3) is 14.9. The van der Waals surface area contributed by atoms with E-state index >= 15 is 19.2 Å². The van der Waals surface area contributed by atoms with Crippen molar-refractivity contribution >= 4 is 93.6 Å². The van der Waals surface area contributed by atoms with Crippen LogP contribution in [0.15, 0.2) is 158 Å². The van der Waals surface area contributed by atoms with Gasteiger partial charge in [-0.25, -0.2) is 19.4 Å². The summed E-state index contributed by atoms with van der Waals surface area (Å²) >= 11 is 0. The number of hydrogen-bond acceptors (Lipinski definition) is 18. The Morgan fingerprint density at radius 3 is 1.31 bits per heavy atom. The molecule has 2 fully saturated rings. The number of carboxylic acids is 2.